The molecular formula is C16H22N4O2. The summed E-state index contributed by atoms with van der Waals surface area (Å²) in [5, 5.41) is 6.31. The van der Waals surface area contributed by atoms with Gasteiger partial charge in [-0.3, -0.25) is 4.57 Å². The minimum absolute atomic E-state index is 0.504. The lowest BCUT2D eigenvalue weighted by Crippen LogP contribution is -2.18. The van der Waals surface area contributed by atoms with Gasteiger partial charge < -0.3 is 14.5 Å². The fraction of sp³-hybridized carbons (Fsp3) is 0.375. The molecule has 0 atom stereocenters. The Morgan fingerprint density at radius 3 is 2.77 bits per heavy atom. The van der Waals surface area contributed by atoms with Crippen molar-refractivity contribution in [1.82, 2.24) is 14.6 Å². The number of para-hydroxylation sites is 1. The first-order valence-corrected chi connectivity index (χ1v) is 7.26. The third kappa shape index (κ3) is 4.33. The zero-order chi connectivity index (χ0) is 15.8. The van der Waals surface area contributed by atoms with Crippen molar-refractivity contribution in [3.63, 3.8) is 0 Å². The second kappa shape index (κ2) is 8.19. The quantitative estimate of drug-likeness (QED) is 0.340. The highest BCUT2D eigenvalue weighted by Gasteiger charge is 2.13. The Morgan fingerprint density at radius 1 is 1.27 bits per heavy atom. The fourth-order valence-corrected chi connectivity index (χ4v) is 1.95. The lowest BCUT2D eigenvalue weighted by molar-refractivity contribution is 0.110. The summed E-state index contributed by atoms with van der Waals surface area (Å²) in [6.45, 7) is 3.72. The van der Waals surface area contributed by atoms with Gasteiger partial charge in [-0.2, -0.15) is 5.10 Å². The zero-order valence-electron chi connectivity index (χ0n) is 13.3. The molecule has 0 bridgehead atoms. The molecule has 0 amide bonds. The summed E-state index contributed by atoms with van der Waals surface area (Å²) >= 11 is 0. The van der Waals surface area contributed by atoms with Gasteiger partial charge in [-0.25, -0.2) is 4.98 Å². The van der Waals surface area contributed by atoms with Crippen LogP contribution >= 0.6 is 0 Å². The van der Waals surface area contributed by atoms with Crippen molar-refractivity contribution in [2.24, 2.45) is 5.10 Å². The van der Waals surface area contributed by atoms with Crippen molar-refractivity contribution in [1.29, 1.82) is 0 Å². The Hall–Kier alpha value is -2.34. The number of nitrogens with zero attached hydrogens (tertiary/aromatic N) is 4. The molecule has 2 rings (SSSR count). The van der Waals surface area contributed by atoms with E-state index in [1.165, 1.54) is 0 Å². The van der Waals surface area contributed by atoms with Gasteiger partial charge in [-0.1, -0.05) is 12.1 Å². The number of ether oxygens (including phenoxy) is 2. The van der Waals surface area contributed by atoms with Crippen LogP contribution in [0.2, 0.25) is 0 Å². The van der Waals surface area contributed by atoms with Crippen molar-refractivity contribution < 1.29 is 9.47 Å². The molecule has 0 spiro atoms. The van der Waals surface area contributed by atoms with E-state index < -0.39 is 0 Å². The number of hydrazone groups is 1. The minimum atomic E-state index is 0.504. The highest BCUT2D eigenvalue weighted by atomic mass is 16.5. The molecule has 6 heteroatoms. The average molecular weight is 302 g/mol. The topological polar surface area (TPSA) is 51.9 Å². The second-order valence-electron chi connectivity index (χ2n) is 4.78. The first-order valence-electron chi connectivity index (χ1n) is 7.26. The van der Waals surface area contributed by atoms with Gasteiger partial charge in [0.25, 0.3) is 0 Å². The number of aromatic nitrogens is 2. The summed E-state index contributed by atoms with van der Waals surface area (Å²) < 4.78 is 13.0. The van der Waals surface area contributed by atoms with E-state index in [0.717, 1.165) is 17.1 Å². The van der Waals surface area contributed by atoms with Gasteiger partial charge >= 0.3 is 0 Å². The Kier molecular flexibility index (Phi) is 5.97. The Morgan fingerprint density at radius 2 is 2.09 bits per heavy atom. The van der Waals surface area contributed by atoms with E-state index in [9.17, 15) is 0 Å². The molecule has 0 radical (unpaired) electrons. The molecule has 0 unspecified atom stereocenters. The van der Waals surface area contributed by atoms with Crippen LogP contribution in [0.4, 0.5) is 0 Å². The van der Waals surface area contributed by atoms with Gasteiger partial charge in [0.15, 0.2) is 5.84 Å². The molecule has 0 aliphatic rings. The normalized spacial score (nSPS) is 11.5. The molecule has 6 nitrogen and oxygen atoms in total. The second-order valence-corrected chi connectivity index (χ2v) is 4.78. The maximum atomic E-state index is 5.84. The molecule has 1 aromatic carbocycles. The number of benzene rings is 1. The van der Waals surface area contributed by atoms with E-state index in [-0.39, 0.29) is 0 Å². The molecule has 0 saturated heterocycles. The molecule has 0 aliphatic carbocycles. The number of hydrogen-bond donors (Lipinski definition) is 0. The molecule has 0 N–H and O–H groups in total. The first-order chi connectivity index (χ1) is 10.7. The van der Waals surface area contributed by atoms with Crippen LogP contribution in [-0.4, -0.2) is 54.3 Å². The van der Waals surface area contributed by atoms with Crippen molar-refractivity contribution >= 4 is 5.84 Å². The molecule has 0 fully saturated rings. The van der Waals surface area contributed by atoms with Crippen molar-refractivity contribution in [3.8, 4) is 5.75 Å². The molecule has 118 valence electrons. The fourth-order valence-electron chi connectivity index (χ4n) is 1.95. The van der Waals surface area contributed by atoms with Crippen molar-refractivity contribution in [2.75, 3.05) is 33.9 Å². The summed E-state index contributed by atoms with van der Waals surface area (Å²) in [6.07, 6.45) is 5.31. The van der Waals surface area contributed by atoms with Gasteiger partial charge in [-0.05, 0) is 19.1 Å². The van der Waals surface area contributed by atoms with Crippen LogP contribution in [0.3, 0.4) is 0 Å². The lowest BCUT2D eigenvalue weighted by Gasteiger charge is -2.15. The Labute approximate surface area is 131 Å². The predicted octanol–water partition coefficient (Wildman–Crippen LogP) is 2.07. The zero-order valence-corrected chi connectivity index (χ0v) is 13.3. The summed E-state index contributed by atoms with van der Waals surface area (Å²) in [5.41, 5.74) is 0.908. The van der Waals surface area contributed by atoms with E-state index in [2.05, 4.69) is 10.1 Å². The number of hydrogen-bond acceptors (Lipinski definition) is 5. The monoisotopic (exact) mass is 302 g/mol. The largest absolute Gasteiger partial charge is 0.490 e. The molecule has 0 aliphatic heterocycles. The summed E-state index contributed by atoms with van der Waals surface area (Å²) in [7, 11) is 3.77. The van der Waals surface area contributed by atoms with Gasteiger partial charge in [0.2, 0.25) is 0 Å². The molecule has 1 aromatic heterocycles. The molecular weight excluding hydrogens is 280 g/mol. The van der Waals surface area contributed by atoms with Gasteiger partial charge in [-0.15, -0.1) is 0 Å². The van der Waals surface area contributed by atoms with E-state index >= 15 is 0 Å². The van der Waals surface area contributed by atoms with Crippen molar-refractivity contribution in [3.05, 3.63) is 48.5 Å². The highest BCUT2D eigenvalue weighted by Crippen LogP contribution is 2.20. The molecule has 22 heavy (non-hydrogen) atoms. The summed E-state index contributed by atoms with van der Waals surface area (Å²) in [4.78, 5) is 4.09. The van der Waals surface area contributed by atoms with Crippen LogP contribution in [-0.2, 0) is 4.74 Å². The number of imidazole rings is 1. The summed E-state index contributed by atoms with van der Waals surface area (Å²) in [6, 6.07) is 7.83. The van der Waals surface area contributed by atoms with Crippen LogP contribution in [0, 0.1) is 0 Å². The molecule has 0 saturated carbocycles. The van der Waals surface area contributed by atoms with E-state index in [1.54, 1.807) is 17.5 Å². The third-order valence-electron chi connectivity index (χ3n) is 2.86. The Bertz CT molecular complexity index is 594. The van der Waals surface area contributed by atoms with E-state index in [0.29, 0.717) is 19.8 Å². The average Bonchev–Trinajstić information content (AvgIpc) is 3.04. The molecule has 1 heterocycles. The van der Waals surface area contributed by atoms with Crippen LogP contribution < -0.4 is 4.74 Å². The Balaban J connectivity index is 2.28. The van der Waals surface area contributed by atoms with Gasteiger partial charge in [0, 0.05) is 33.1 Å². The first kappa shape index (κ1) is 16.0. The number of rotatable bonds is 7. The highest BCUT2D eigenvalue weighted by molar-refractivity contribution is 6.02. The standard InChI is InChI=1S/C16H22N4O2/c1-4-21-11-12-22-15-8-6-5-7-14(15)16(18-19(2)3)20-10-9-17-13-20/h5-10,13H,4,11-12H2,1-3H3/b18-16+. The van der Waals surface area contributed by atoms with Crippen LogP contribution in [0.1, 0.15) is 12.5 Å². The van der Waals surface area contributed by atoms with Gasteiger partial charge in [0.1, 0.15) is 18.7 Å². The van der Waals surface area contributed by atoms with E-state index in [1.807, 2.05) is 56.0 Å². The SMILES string of the molecule is CCOCCOc1ccccc1/C(=N\N(C)C)n1ccnc1. The summed E-state index contributed by atoms with van der Waals surface area (Å²) in [5.74, 6) is 1.53. The third-order valence-corrected chi connectivity index (χ3v) is 2.86. The van der Waals surface area contributed by atoms with Gasteiger partial charge in [0.05, 0.1) is 12.2 Å². The minimum Gasteiger partial charge on any atom is -0.490 e. The van der Waals surface area contributed by atoms with Crippen LogP contribution in [0.25, 0.3) is 0 Å². The molecule has 2 aromatic rings. The van der Waals surface area contributed by atoms with Crippen LogP contribution in [0.5, 0.6) is 5.75 Å². The smallest absolute Gasteiger partial charge is 0.168 e. The lowest BCUT2D eigenvalue weighted by atomic mass is 10.2. The van der Waals surface area contributed by atoms with Crippen molar-refractivity contribution in [2.45, 2.75) is 6.92 Å². The van der Waals surface area contributed by atoms with Crippen LogP contribution in [0.15, 0.2) is 48.1 Å². The maximum Gasteiger partial charge on any atom is 0.168 e. The maximum absolute atomic E-state index is 5.84. The predicted molar refractivity (Wildman–Crippen MR) is 86.3 cm³/mol. The van der Waals surface area contributed by atoms with E-state index in [4.69, 9.17) is 9.47 Å².